The van der Waals surface area contributed by atoms with Gasteiger partial charge in [-0.1, -0.05) is 53.5 Å². The van der Waals surface area contributed by atoms with Crippen LogP contribution in [0.4, 0.5) is 5.69 Å². The lowest BCUT2D eigenvalue weighted by Crippen LogP contribution is -2.16. The van der Waals surface area contributed by atoms with Crippen LogP contribution in [0.3, 0.4) is 0 Å². The first-order chi connectivity index (χ1) is 15.4. The molecule has 0 spiro atoms. The second kappa shape index (κ2) is 10.5. The average molecular weight is 467 g/mol. The van der Waals surface area contributed by atoms with Crippen molar-refractivity contribution in [2.24, 2.45) is 0 Å². The molecule has 0 aliphatic heterocycles. The third kappa shape index (κ3) is 5.67. The highest BCUT2D eigenvalue weighted by atomic mass is 35.5. The van der Waals surface area contributed by atoms with Crippen LogP contribution in [0.1, 0.15) is 21.5 Å². The number of amides is 1. The van der Waals surface area contributed by atoms with Gasteiger partial charge in [-0.3, -0.25) is 4.79 Å². The number of ether oxygens (including phenoxy) is 1. The fourth-order valence-corrected chi connectivity index (χ4v) is 3.28. The van der Waals surface area contributed by atoms with E-state index in [1.54, 1.807) is 54.6 Å². The molecule has 0 saturated carbocycles. The summed E-state index contributed by atoms with van der Waals surface area (Å²) < 4.78 is 5.71. The largest absolute Gasteiger partial charge is 0.489 e. The minimum absolute atomic E-state index is 0.0711. The molecule has 0 fully saturated rings. The minimum Gasteiger partial charge on any atom is -0.489 e. The molecule has 0 aliphatic rings. The van der Waals surface area contributed by atoms with E-state index in [1.165, 1.54) is 18.2 Å². The first-order valence-corrected chi connectivity index (χ1v) is 10.1. The highest BCUT2D eigenvalue weighted by Crippen LogP contribution is 2.26. The first kappa shape index (κ1) is 22.9. The van der Waals surface area contributed by atoms with E-state index in [0.29, 0.717) is 26.9 Å². The van der Waals surface area contributed by atoms with E-state index in [-0.39, 0.29) is 23.4 Å². The summed E-state index contributed by atoms with van der Waals surface area (Å²) in [7, 11) is 0. The van der Waals surface area contributed by atoms with Gasteiger partial charge in [0.2, 0.25) is 0 Å². The number of nitriles is 1. The molecule has 0 radical (unpaired) electrons. The number of carboxylic acid groups (broad SMARTS) is 1. The summed E-state index contributed by atoms with van der Waals surface area (Å²) >= 11 is 12.3. The van der Waals surface area contributed by atoms with Crippen molar-refractivity contribution in [1.29, 1.82) is 5.26 Å². The van der Waals surface area contributed by atoms with Gasteiger partial charge in [0.1, 0.15) is 24.0 Å². The van der Waals surface area contributed by atoms with E-state index in [1.807, 2.05) is 6.07 Å². The smallest absolute Gasteiger partial charge is 0.337 e. The van der Waals surface area contributed by atoms with Crippen LogP contribution in [0.15, 0.2) is 72.3 Å². The highest BCUT2D eigenvalue weighted by Gasteiger charge is 2.15. The van der Waals surface area contributed by atoms with Crippen LogP contribution in [0, 0.1) is 11.3 Å². The summed E-state index contributed by atoms with van der Waals surface area (Å²) in [5.74, 6) is -1.34. The number of carbonyl (C=O) groups is 2. The van der Waals surface area contributed by atoms with Gasteiger partial charge in [-0.05, 0) is 48.0 Å². The maximum absolute atomic E-state index is 12.5. The van der Waals surface area contributed by atoms with Crippen molar-refractivity contribution >= 4 is 46.8 Å². The summed E-state index contributed by atoms with van der Waals surface area (Å²) in [6, 6.07) is 19.7. The van der Waals surface area contributed by atoms with Gasteiger partial charge in [-0.2, -0.15) is 5.26 Å². The summed E-state index contributed by atoms with van der Waals surface area (Å²) in [6.07, 6.45) is 1.40. The molecule has 0 saturated heterocycles. The monoisotopic (exact) mass is 466 g/mol. The summed E-state index contributed by atoms with van der Waals surface area (Å²) in [5.41, 5.74) is 1.12. The van der Waals surface area contributed by atoms with Crippen LogP contribution < -0.4 is 10.1 Å². The quantitative estimate of drug-likeness (QED) is 0.337. The molecule has 3 aromatic carbocycles. The number of carbonyl (C=O) groups excluding carboxylic acids is 1. The third-order valence-electron chi connectivity index (χ3n) is 4.41. The number of aromatic carboxylic acids is 1. The summed E-state index contributed by atoms with van der Waals surface area (Å²) in [6.45, 7) is 0.183. The number of anilines is 1. The summed E-state index contributed by atoms with van der Waals surface area (Å²) in [5, 5.41) is 22.1. The van der Waals surface area contributed by atoms with Gasteiger partial charge >= 0.3 is 5.97 Å². The first-order valence-electron chi connectivity index (χ1n) is 9.30. The molecule has 6 nitrogen and oxygen atoms in total. The molecule has 0 aliphatic carbocycles. The normalized spacial score (nSPS) is 10.8. The molecular weight excluding hydrogens is 451 g/mol. The number of para-hydroxylation sites is 1. The van der Waals surface area contributed by atoms with Crippen molar-refractivity contribution in [3.8, 4) is 11.8 Å². The maximum Gasteiger partial charge on any atom is 0.337 e. The van der Waals surface area contributed by atoms with Gasteiger partial charge in [0.05, 0.1) is 11.3 Å². The van der Waals surface area contributed by atoms with Gasteiger partial charge in [0.25, 0.3) is 5.91 Å². The fraction of sp³-hybridized carbons (Fsp3) is 0.0417. The van der Waals surface area contributed by atoms with Gasteiger partial charge < -0.3 is 15.2 Å². The zero-order valence-electron chi connectivity index (χ0n) is 16.5. The SMILES string of the molecule is N#C/C(=C\c1ccc(OCc2c(Cl)cccc2Cl)cc1)C(=O)Nc1ccccc1C(=O)O. The van der Waals surface area contributed by atoms with E-state index in [0.717, 1.165) is 0 Å². The molecule has 8 heteroatoms. The molecule has 32 heavy (non-hydrogen) atoms. The van der Waals surface area contributed by atoms with Crippen molar-refractivity contribution in [2.75, 3.05) is 5.32 Å². The van der Waals surface area contributed by atoms with Crippen LogP contribution in [-0.2, 0) is 11.4 Å². The number of benzene rings is 3. The number of nitrogens with one attached hydrogen (secondary N) is 1. The van der Waals surface area contributed by atoms with Crippen molar-refractivity contribution < 1.29 is 19.4 Å². The van der Waals surface area contributed by atoms with Crippen molar-refractivity contribution in [1.82, 2.24) is 0 Å². The van der Waals surface area contributed by atoms with E-state index >= 15 is 0 Å². The molecule has 0 unspecified atom stereocenters. The van der Waals surface area contributed by atoms with E-state index in [2.05, 4.69) is 5.32 Å². The fourth-order valence-electron chi connectivity index (χ4n) is 2.77. The standard InChI is InChI=1S/C24H16Cl2N2O4/c25-20-5-3-6-21(26)19(20)14-32-17-10-8-15(9-11-17)12-16(13-27)23(29)28-22-7-2-1-4-18(22)24(30)31/h1-12H,14H2,(H,28,29)(H,30,31)/b16-12+. The van der Waals surface area contributed by atoms with Gasteiger partial charge in [0.15, 0.2) is 0 Å². The molecule has 1 amide bonds. The Morgan fingerprint density at radius 3 is 2.28 bits per heavy atom. The summed E-state index contributed by atoms with van der Waals surface area (Å²) in [4.78, 5) is 23.8. The molecule has 0 heterocycles. The van der Waals surface area contributed by atoms with Crippen LogP contribution in [0.2, 0.25) is 10.0 Å². The number of rotatable bonds is 7. The molecule has 0 atom stereocenters. The Hall–Kier alpha value is -3.79. The van der Waals surface area contributed by atoms with Crippen molar-refractivity contribution in [3.63, 3.8) is 0 Å². The Balaban J connectivity index is 1.71. The van der Waals surface area contributed by atoms with Gasteiger partial charge in [0, 0.05) is 15.6 Å². The van der Waals surface area contributed by atoms with Crippen LogP contribution in [0.5, 0.6) is 5.75 Å². The van der Waals surface area contributed by atoms with Gasteiger partial charge in [-0.15, -0.1) is 0 Å². The Morgan fingerprint density at radius 2 is 1.66 bits per heavy atom. The Bertz CT molecular complexity index is 1210. The lowest BCUT2D eigenvalue weighted by Gasteiger charge is -2.10. The minimum atomic E-state index is -1.18. The molecular formula is C24H16Cl2N2O4. The predicted octanol–water partition coefficient (Wildman–Crippen LogP) is 5.82. The molecule has 0 bridgehead atoms. The molecule has 0 aromatic heterocycles. The molecule has 3 aromatic rings. The number of hydrogen-bond acceptors (Lipinski definition) is 4. The second-order valence-electron chi connectivity index (χ2n) is 6.53. The molecule has 3 rings (SSSR count). The maximum atomic E-state index is 12.5. The zero-order valence-corrected chi connectivity index (χ0v) is 18.0. The van der Waals surface area contributed by atoms with Crippen LogP contribution >= 0.6 is 23.2 Å². The van der Waals surface area contributed by atoms with E-state index < -0.39 is 11.9 Å². The molecule has 160 valence electrons. The lowest BCUT2D eigenvalue weighted by molar-refractivity contribution is -0.112. The van der Waals surface area contributed by atoms with Gasteiger partial charge in [-0.25, -0.2) is 4.79 Å². The van der Waals surface area contributed by atoms with Crippen LogP contribution in [0.25, 0.3) is 6.08 Å². The number of carboxylic acids is 1. The predicted molar refractivity (Wildman–Crippen MR) is 123 cm³/mol. The number of hydrogen-bond donors (Lipinski definition) is 2. The third-order valence-corrected chi connectivity index (χ3v) is 5.11. The highest BCUT2D eigenvalue weighted by molar-refractivity contribution is 6.35. The number of nitrogens with zero attached hydrogens (tertiary/aromatic N) is 1. The Kier molecular flexibility index (Phi) is 7.50. The lowest BCUT2D eigenvalue weighted by atomic mass is 10.1. The van der Waals surface area contributed by atoms with Crippen molar-refractivity contribution in [3.05, 3.63) is 99.0 Å². The van der Waals surface area contributed by atoms with Crippen molar-refractivity contribution in [2.45, 2.75) is 6.61 Å². The van der Waals surface area contributed by atoms with E-state index in [9.17, 15) is 20.0 Å². The number of halogens is 2. The zero-order chi connectivity index (χ0) is 23.1. The second-order valence-corrected chi connectivity index (χ2v) is 7.35. The Morgan fingerprint density at radius 1 is 1.00 bits per heavy atom. The average Bonchev–Trinajstić information content (AvgIpc) is 2.78. The van der Waals surface area contributed by atoms with Crippen LogP contribution in [-0.4, -0.2) is 17.0 Å². The Labute approximate surface area is 194 Å². The topological polar surface area (TPSA) is 99.4 Å². The van der Waals surface area contributed by atoms with E-state index in [4.69, 9.17) is 27.9 Å². The molecule has 2 N–H and O–H groups in total.